The molecule has 1 aromatic carbocycles. The molecule has 2 nitrogen and oxygen atoms in total. The van der Waals surface area contributed by atoms with E-state index in [2.05, 4.69) is 26.0 Å². The topological polar surface area (TPSA) is 35.2 Å². The molecular formula is C14H21NO. The summed E-state index contributed by atoms with van der Waals surface area (Å²) in [6, 6.07) is 6.54. The van der Waals surface area contributed by atoms with Gasteiger partial charge in [0.25, 0.3) is 0 Å². The summed E-state index contributed by atoms with van der Waals surface area (Å²) in [5.74, 6) is 2.14. The summed E-state index contributed by atoms with van der Waals surface area (Å²) in [6.07, 6.45) is 2.52. The molecule has 0 radical (unpaired) electrons. The van der Waals surface area contributed by atoms with E-state index in [-0.39, 0.29) is 6.04 Å². The smallest absolute Gasteiger partial charge is 0.123 e. The minimum atomic E-state index is 0.147. The van der Waals surface area contributed by atoms with Crippen LogP contribution in [0.3, 0.4) is 0 Å². The Balaban J connectivity index is 2.34. The van der Waals surface area contributed by atoms with Crippen molar-refractivity contribution in [3.05, 3.63) is 29.3 Å². The Morgan fingerprint density at radius 3 is 2.50 bits per heavy atom. The van der Waals surface area contributed by atoms with E-state index in [1.165, 1.54) is 24.0 Å². The predicted octanol–water partition coefficient (Wildman–Crippen LogP) is 3.23. The van der Waals surface area contributed by atoms with Crippen LogP contribution >= 0.6 is 0 Å². The van der Waals surface area contributed by atoms with Gasteiger partial charge < -0.3 is 10.5 Å². The molecule has 2 rings (SSSR count). The molecule has 0 bridgehead atoms. The van der Waals surface area contributed by atoms with Gasteiger partial charge >= 0.3 is 0 Å². The van der Waals surface area contributed by atoms with E-state index in [0.717, 1.165) is 5.75 Å². The van der Waals surface area contributed by atoms with Gasteiger partial charge in [0.05, 0.1) is 7.11 Å². The van der Waals surface area contributed by atoms with Crippen molar-refractivity contribution in [2.24, 2.45) is 11.7 Å². The summed E-state index contributed by atoms with van der Waals surface area (Å²) >= 11 is 0. The first-order valence-electron chi connectivity index (χ1n) is 6.07. The molecule has 1 atom stereocenters. The van der Waals surface area contributed by atoms with E-state index in [9.17, 15) is 0 Å². The lowest BCUT2D eigenvalue weighted by Gasteiger charge is -2.17. The molecule has 88 valence electrons. The molecule has 1 fully saturated rings. The van der Waals surface area contributed by atoms with Crippen LogP contribution in [0.1, 0.15) is 49.8 Å². The van der Waals surface area contributed by atoms with Gasteiger partial charge in [-0.05, 0) is 36.3 Å². The Morgan fingerprint density at radius 1 is 1.31 bits per heavy atom. The first-order valence-corrected chi connectivity index (χ1v) is 6.07. The van der Waals surface area contributed by atoms with Gasteiger partial charge in [0.2, 0.25) is 0 Å². The average molecular weight is 219 g/mol. The summed E-state index contributed by atoms with van der Waals surface area (Å²) in [4.78, 5) is 0. The van der Waals surface area contributed by atoms with Crippen molar-refractivity contribution in [3.63, 3.8) is 0 Å². The Kier molecular flexibility index (Phi) is 3.20. The van der Waals surface area contributed by atoms with Crippen LogP contribution in [0.2, 0.25) is 0 Å². The highest BCUT2D eigenvalue weighted by Crippen LogP contribution is 2.42. The zero-order valence-electron chi connectivity index (χ0n) is 10.4. The van der Waals surface area contributed by atoms with Crippen molar-refractivity contribution >= 4 is 0 Å². The van der Waals surface area contributed by atoms with Crippen LogP contribution in [0.15, 0.2) is 18.2 Å². The van der Waals surface area contributed by atoms with E-state index in [4.69, 9.17) is 10.5 Å². The van der Waals surface area contributed by atoms with Crippen molar-refractivity contribution in [3.8, 4) is 5.75 Å². The number of hydrogen-bond donors (Lipinski definition) is 1. The number of methoxy groups -OCH3 is 1. The highest BCUT2D eigenvalue weighted by molar-refractivity contribution is 5.41. The van der Waals surface area contributed by atoms with Crippen LogP contribution in [-0.2, 0) is 0 Å². The van der Waals surface area contributed by atoms with Crippen LogP contribution in [0.4, 0.5) is 0 Å². The highest BCUT2D eigenvalue weighted by atomic mass is 16.5. The summed E-state index contributed by atoms with van der Waals surface area (Å²) in [5.41, 5.74) is 8.78. The molecule has 0 saturated heterocycles. The standard InChI is InChI=1S/C14H21NO/c1-9(2)11-6-7-13(16-3)12(8-11)14(15)10-4-5-10/h6-10,14H,4-5,15H2,1-3H3/t14-/m1/s1. The van der Waals surface area contributed by atoms with Crippen molar-refractivity contribution < 1.29 is 4.74 Å². The summed E-state index contributed by atoms with van der Waals surface area (Å²) < 4.78 is 5.40. The van der Waals surface area contributed by atoms with Gasteiger partial charge in [-0.3, -0.25) is 0 Å². The van der Waals surface area contributed by atoms with Crippen LogP contribution in [-0.4, -0.2) is 7.11 Å². The molecular weight excluding hydrogens is 198 g/mol. The summed E-state index contributed by atoms with van der Waals surface area (Å²) in [6.45, 7) is 4.41. The maximum absolute atomic E-state index is 6.27. The first-order chi connectivity index (χ1) is 7.63. The molecule has 0 heterocycles. The number of nitrogens with two attached hydrogens (primary N) is 1. The summed E-state index contributed by atoms with van der Waals surface area (Å²) in [5, 5.41) is 0. The monoisotopic (exact) mass is 219 g/mol. The molecule has 1 aliphatic carbocycles. The van der Waals surface area contributed by atoms with E-state index >= 15 is 0 Å². The molecule has 0 aromatic heterocycles. The molecule has 16 heavy (non-hydrogen) atoms. The van der Waals surface area contributed by atoms with Gasteiger partial charge in [0, 0.05) is 11.6 Å². The van der Waals surface area contributed by atoms with Gasteiger partial charge in [0.15, 0.2) is 0 Å². The van der Waals surface area contributed by atoms with Crippen molar-refractivity contribution in [2.45, 2.75) is 38.6 Å². The lowest BCUT2D eigenvalue weighted by atomic mass is 9.95. The Bertz CT molecular complexity index is 369. The van der Waals surface area contributed by atoms with E-state index in [1.54, 1.807) is 7.11 Å². The Morgan fingerprint density at radius 2 is 2.00 bits per heavy atom. The number of ether oxygens (including phenoxy) is 1. The van der Waals surface area contributed by atoms with Crippen molar-refractivity contribution in [2.75, 3.05) is 7.11 Å². The third-order valence-electron chi connectivity index (χ3n) is 3.41. The molecule has 1 aliphatic rings. The Hall–Kier alpha value is -1.02. The second kappa shape index (κ2) is 4.46. The molecule has 1 aromatic rings. The van der Waals surface area contributed by atoms with E-state index in [1.807, 2.05) is 6.07 Å². The van der Waals surface area contributed by atoms with Crippen molar-refractivity contribution in [1.29, 1.82) is 0 Å². The zero-order valence-corrected chi connectivity index (χ0v) is 10.4. The van der Waals surface area contributed by atoms with Gasteiger partial charge in [0.1, 0.15) is 5.75 Å². The maximum Gasteiger partial charge on any atom is 0.123 e. The van der Waals surface area contributed by atoms with Crippen LogP contribution in [0, 0.1) is 5.92 Å². The van der Waals surface area contributed by atoms with E-state index in [0.29, 0.717) is 11.8 Å². The minimum absolute atomic E-state index is 0.147. The molecule has 0 amide bonds. The second-order valence-electron chi connectivity index (χ2n) is 5.02. The van der Waals surface area contributed by atoms with Crippen molar-refractivity contribution in [1.82, 2.24) is 0 Å². The molecule has 2 N–H and O–H groups in total. The molecule has 2 heteroatoms. The van der Waals surface area contributed by atoms with Gasteiger partial charge in [-0.2, -0.15) is 0 Å². The summed E-state index contributed by atoms with van der Waals surface area (Å²) in [7, 11) is 1.72. The van der Waals surface area contributed by atoms with Crippen LogP contribution in [0.5, 0.6) is 5.75 Å². The molecule has 0 spiro atoms. The normalized spacial score (nSPS) is 17.6. The average Bonchev–Trinajstić information content (AvgIpc) is 3.11. The molecule has 0 aliphatic heterocycles. The van der Waals surface area contributed by atoms with Crippen LogP contribution < -0.4 is 10.5 Å². The zero-order chi connectivity index (χ0) is 11.7. The molecule has 1 saturated carbocycles. The third-order valence-corrected chi connectivity index (χ3v) is 3.41. The SMILES string of the molecule is COc1ccc(C(C)C)cc1[C@H](N)C1CC1. The van der Waals surface area contributed by atoms with Gasteiger partial charge in [-0.15, -0.1) is 0 Å². The number of hydrogen-bond acceptors (Lipinski definition) is 2. The third kappa shape index (κ3) is 2.22. The first kappa shape index (κ1) is 11.5. The molecule has 0 unspecified atom stereocenters. The van der Waals surface area contributed by atoms with E-state index < -0.39 is 0 Å². The highest BCUT2D eigenvalue weighted by Gasteiger charge is 2.31. The fraction of sp³-hybridized carbons (Fsp3) is 0.571. The predicted molar refractivity (Wildman–Crippen MR) is 66.7 cm³/mol. The number of benzene rings is 1. The minimum Gasteiger partial charge on any atom is -0.496 e. The van der Waals surface area contributed by atoms with Gasteiger partial charge in [-0.1, -0.05) is 26.0 Å². The quantitative estimate of drug-likeness (QED) is 0.843. The second-order valence-corrected chi connectivity index (χ2v) is 5.02. The van der Waals surface area contributed by atoms with Crippen LogP contribution in [0.25, 0.3) is 0 Å². The van der Waals surface area contributed by atoms with Gasteiger partial charge in [-0.25, -0.2) is 0 Å². The lowest BCUT2D eigenvalue weighted by Crippen LogP contribution is -2.14. The maximum atomic E-state index is 6.27. The fourth-order valence-corrected chi connectivity index (χ4v) is 2.08. The lowest BCUT2D eigenvalue weighted by molar-refractivity contribution is 0.402. The Labute approximate surface area is 97.8 Å². The number of rotatable bonds is 4. The fourth-order valence-electron chi connectivity index (χ4n) is 2.08. The largest absolute Gasteiger partial charge is 0.496 e.